The average molecular weight is 507 g/mol. The largest absolute Gasteiger partial charge is 0.493 e. The maximum Gasteiger partial charge on any atom is 0.262 e. The number of rotatable bonds is 6. The van der Waals surface area contributed by atoms with Crippen LogP contribution < -0.4 is 14.8 Å². The fourth-order valence-corrected chi connectivity index (χ4v) is 4.29. The SMILES string of the molecule is COc1cc(C(=S)N2C[C@H](C)O[C@@H](C)C2)ccc1OCC(=O)Nc1ccc(Br)cc1C. The number of benzene rings is 2. The van der Waals surface area contributed by atoms with Crippen LogP contribution in [0.1, 0.15) is 25.0 Å². The van der Waals surface area contributed by atoms with Gasteiger partial charge in [0, 0.05) is 28.8 Å². The number of aryl methyl sites for hydroxylation is 1. The third kappa shape index (κ3) is 6.18. The van der Waals surface area contributed by atoms with Gasteiger partial charge in [-0.2, -0.15) is 0 Å². The predicted molar refractivity (Wildman–Crippen MR) is 129 cm³/mol. The van der Waals surface area contributed by atoms with Gasteiger partial charge in [0.15, 0.2) is 18.1 Å². The van der Waals surface area contributed by atoms with E-state index in [2.05, 4.69) is 26.1 Å². The van der Waals surface area contributed by atoms with Gasteiger partial charge in [-0.25, -0.2) is 0 Å². The van der Waals surface area contributed by atoms with Gasteiger partial charge in [-0.05, 0) is 62.7 Å². The highest BCUT2D eigenvalue weighted by Gasteiger charge is 2.25. The van der Waals surface area contributed by atoms with Crippen molar-refractivity contribution >= 4 is 44.7 Å². The smallest absolute Gasteiger partial charge is 0.262 e. The van der Waals surface area contributed by atoms with Crippen LogP contribution in [0.4, 0.5) is 5.69 Å². The minimum absolute atomic E-state index is 0.124. The van der Waals surface area contributed by atoms with E-state index in [9.17, 15) is 4.79 Å². The summed E-state index contributed by atoms with van der Waals surface area (Å²) in [4.78, 5) is 15.2. The van der Waals surface area contributed by atoms with Crippen LogP contribution in [0, 0.1) is 6.92 Å². The number of morpholine rings is 1. The van der Waals surface area contributed by atoms with Crippen molar-refractivity contribution < 1.29 is 19.0 Å². The first-order chi connectivity index (χ1) is 14.8. The lowest BCUT2D eigenvalue weighted by Crippen LogP contribution is -2.47. The molecular formula is C23H27BrN2O4S. The summed E-state index contributed by atoms with van der Waals surface area (Å²) in [5.74, 6) is 0.769. The second kappa shape index (κ2) is 10.4. The maximum atomic E-state index is 12.3. The minimum atomic E-state index is -0.247. The van der Waals surface area contributed by atoms with Crippen molar-refractivity contribution in [2.75, 3.05) is 32.1 Å². The van der Waals surface area contributed by atoms with Crippen molar-refractivity contribution in [2.45, 2.75) is 33.0 Å². The van der Waals surface area contributed by atoms with Crippen molar-refractivity contribution in [1.29, 1.82) is 0 Å². The van der Waals surface area contributed by atoms with Crippen molar-refractivity contribution in [3.63, 3.8) is 0 Å². The molecular weight excluding hydrogens is 480 g/mol. The Kier molecular flexibility index (Phi) is 7.91. The zero-order chi connectivity index (χ0) is 22.5. The maximum absolute atomic E-state index is 12.3. The molecule has 0 bridgehead atoms. The molecule has 0 radical (unpaired) electrons. The van der Waals surface area contributed by atoms with Crippen LogP contribution in [0.3, 0.4) is 0 Å². The molecule has 8 heteroatoms. The Balaban J connectivity index is 1.64. The third-order valence-electron chi connectivity index (χ3n) is 4.94. The second-order valence-corrected chi connectivity index (χ2v) is 8.93. The van der Waals surface area contributed by atoms with E-state index in [0.29, 0.717) is 11.5 Å². The Hall–Kier alpha value is -2.16. The Morgan fingerprint density at radius 2 is 1.90 bits per heavy atom. The Labute approximate surface area is 197 Å². The Bertz CT molecular complexity index is 959. The number of hydrogen-bond acceptors (Lipinski definition) is 5. The Morgan fingerprint density at radius 3 is 2.55 bits per heavy atom. The molecule has 1 amide bonds. The lowest BCUT2D eigenvalue weighted by molar-refractivity contribution is -0.118. The van der Waals surface area contributed by atoms with Gasteiger partial charge in [-0.15, -0.1) is 0 Å². The number of nitrogens with zero attached hydrogens (tertiary/aromatic N) is 1. The fourth-order valence-electron chi connectivity index (χ4n) is 3.54. The summed E-state index contributed by atoms with van der Waals surface area (Å²) >= 11 is 9.12. The summed E-state index contributed by atoms with van der Waals surface area (Å²) in [6.07, 6.45) is 0.248. The van der Waals surface area contributed by atoms with Crippen molar-refractivity contribution in [1.82, 2.24) is 4.90 Å². The van der Waals surface area contributed by atoms with E-state index in [1.165, 1.54) is 0 Å². The van der Waals surface area contributed by atoms with E-state index in [1.807, 2.05) is 51.1 Å². The van der Waals surface area contributed by atoms with Gasteiger partial charge in [0.25, 0.3) is 5.91 Å². The van der Waals surface area contributed by atoms with Gasteiger partial charge >= 0.3 is 0 Å². The van der Waals surface area contributed by atoms with Crippen LogP contribution in [-0.4, -0.2) is 54.8 Å². The number of carbonyl (C=O) groups excluding carboxylic acids is 1. The summed E-state index contributed by atoms with van der Waals surface area (Å²) in [7, 11) is 1.57. The molecule has 1 N–H and O–H groups in total. The highest BCUT2D eigenvalue weighted by Crippen LogP contribution is 2.29. The number of carbonyl (C=O) groups is 1. The van der Waals surface area contributed by atoms with Crippen LogP contribution >= 0.6 is 28.1 Å². The van der Waals surface area contributed by atoms with Crippen LogP contribution in [0.2, 0.25) is 0 Å². The fraction of sp³-hybridized carbons (Fsp3) is 0.391. The number of thiocarbonyl (C=S) groups is 1. The van der Waals surface area contributed by atoms with Crippen LogP contribution in [-0.2, 0) is 9.53 Å². The standard InChI is InChI=1S/C23H27BrN2O4S/c1-14-9-18(24)6-7-19(14)25-22(27)13-29-20-8-5-17(10-21(20)28-4)23(31)26-11-15(2)30-16(3)12-26/h5-10,15-16H,11-13H2,1-4H3,(H,25,27)/t15-,16-/m0/s1. The topological polar surface area (TPSA) is 60.0 Å². The first-order valence-electron chi connectivity index (χ1n) is 10.1. The molecule has 31 heavy (non-hydrogen) atoms. The zero-order valence-electron chi connectivity index (χ0n) is 18.1. The molecule has 6 nitrogen and oxygen atoms in total. The molecule has 0 spiro atoms. The zero-order valence-corrected chi connectivity index (χ0v) is 20.5. The number of methoxy groups -OCH3 is 1. The van der Waals surface area contributed by atoms with E-state index in [1.54, 1.807) is 13.2 Å². The number of hydrogen-bond donors (Lipinski definition) is 1. The first kappa shape index (κ1) is 23.5. The molecule has 0 unspecified atom stereocenters. The van der Waals surface area contributed by atoms with Crippen molar-refractivity contribution in [2.24, 2.45) is 0 Å². The summed E-state index contributed by atoms with van der Waals surface area (Å²) in [5.41, 5.74) is 2.58. The first-order valence-corrected chi connectivity index (χ1v) is 11.3. The quantitative estimate of drug-likeness (QED) is 0.579. The number of amides is 1. The summed E-state index contributed by atoms with van der Waals surface area (Å²) in [5, 5.41) is 2.86. The molecule has 0 aliphatic carbocycles. The molecule has 166 valence electrons. The monoisotopic (exact) mass is 506 g/mol. The molecule has 2 aromatic carbocycles. The average Bonchev–Trinajstić information content (AvgIpc) is 2.73. The van der Waals surface area contributed by atoms with Gasteiger partial charge in [-0.3, -0.25) is 4.79 Å². The van der Waals surface area contributed by atoms with Gasteiger partial charge in [0.2, 0.25) is 0 Å². The molecule has 0 saturated carbocycles. The number of ether oxygens (including phenoxy) is 3. The molecule has 2 aromatic rings. The molecule has 3 rings (SSSR count). The lowest BCUT2D eigenvalue weighted by atomic mass is 10.1. The summed E-state index contributed by atoms with van der Waals surface area (Å²) in [6, 6.07) is 11.2. The summed E-state index contributed by atoms with van der Waals surface area (Å²) < 4.78 is 18.0. The van der Waals surface area contributed by atoms with Crippen LogP contribution in [0.15, 0.2) is 40.9 Å². The van der Waals surface area contributed by atoms with Gasteiger partial charge in [0.1, 0.15) is 4.99 Å². The number of anilines is 1. The van der Waals surface area contributed by atoms with Gasteiger partial charge < -0.3 is 24.4 Å². The van der Waals surface area contributed by atoms with Gasteiger partial charge in [0.05, 0.1) is 19.3 Å². The van der Waals surface area contributed by atoms with Crippen LogP contribution in [0.25, 0.3) is 0 Å². The van der Waals surface area contributed by atoms with Crippen LogP contribution in [0.5, 0.6) is 11.5 Å². The van der Waals surface area contributed by atoms with E-state index < -0.39 is 0 Å². The normalized spacial score (nSPS) is 18.4. The van der Waals surface area contributed by atoms with E-state index >= 15 is 0 Å². The molecule has 1 heterocycles. The number of halogens is 1. The molecule has 1 saturated heterocycles. The van der Waals surface area contributed by atoms with E-state index in [-0.39, 0.29) is 24.7 Å². The Morgan fingerprint density at radius 1 is 1.19 bits per heavy atom. The lowest BCUT2D eigenvalue weighted by Gasteiger charge is -2.37. The van der Waals surface area contributed by atoms with E-state index in [4.69, 9.17) is 26.4 Å². The molecule has 1 aliphatic rings. The third-order valence-corrected chi connectivity index (χ3v) is 5.93. The van der Waals surface area contributed by atoms with Crippen molar-refractivity contribution in [3.05, 3.63) is 52.0 Å². The molecule has 2 atom stereocenters. The highest BCUT2D eigenvalue weighted by molar-refractivity contribution is 9.10. The van der Waals surface area contributed by atoms with Gasteiger partial charge in [-0.1, -0.05) is 28.1 Å². The predicted octanol–water partition coefficient (Wildman–Crippen LogP) is 4.57. The highest BCUT2D eigenvalue weighted by atomic mass is 79.9. The minimum Gasteiger partial charge on any atom is -0.493 e. The molecule has 0 aromatic heterocycles. The number of nitrogens with one attached hydrogen (secondary N) is 1. The molecule has 1 aliphatic heterocycles. The van der Waals surface area contributed by atoms with E-state index in [0.717, 1.165) is 39.4 Å². The second-order valence-electron chi connectivity index (χ2n) is 7.63. The molecule has 1 fully saturated rings. The van der Waals surface area contributed by atoms with Crippen molar-refractivity contribution in [3.8, 4) is 11.5 Å². The summed E-state index contributed by atoms with van der Waals surface area (Å²) in [6.45, 7) is 7.39.